The molecule has 0 atom stereocenters. The predicted molar refractivity (Wildman–Crippen MR) is 105 cm³/mol. The number of halogens is 1. The molecule has 3 heterocycles. The minimum Gasteiger partial charge on any atom is -0.278 e. The highest BCUT2D eigenvalue weighted by molar-refractivity contribution is 6.30. The molecule has 0 aliphatic carbocycles. The van der Waals surface area contributed by atoms with E-state index in [9.17, 15) is 9.59 Å². The van der Waals surface area contributed by atoms with Crippen LogP contribution in [-0.4, -0.2) is 19.5 Å². The summed E-state index contributed by atoms with van der Waals surface area (Å²) in [6, 6.07) is 18.5. The maximum atomic E-state index is 12.4. The summed E-state index contributed by atoms with van der Waals surface area (Å²) >= 11 is 6.02. The van der Waals surface area contributed by atoms with Gasteiger partial charge in [0.05, 0.1) is 11.1 Å². The van der Waals surface area contributed by atoms with Gasteiger partial charge in [-0.1, -0.05) is 29.8 Å². The van der Waals surface area contributed by atoms with Gasteiger partial charge in [-0.3, -0.25) is 14.3 Å². The van der Waals surface area contributed by atoms with E-state index in [4.69, 9.17) is 16.6 Å². The lowest BCUT2D eigenvalue weighted by Gasteiger charge is -2.17. The zero-order valence-electron chi connectivity index (χ0n) is 13.8. The first-order valence-electron chi connectivity index (χ1n) is 8.22. The Labute approximate surface area is 157 Å². The van der Waals surface area contributed by atoms with Gasteiger partial charge in [0.2, 0.25) is 0 Å². The SMILES string of the molecule is O=c1nc2n(-c3ccc(Cl)cc3)c3nc4ccccc4cc3cc-2c(=O)[nH]1. The van der Waals surface area contributed by atoms with Crippen molar-refractivity contribution in [3.05, 3.63) is 86.5 Å². The molecule has 6 nitrogen and oxygen atoms in total. The molecule has 0 fully saturated rings. The molecule has 0 saturated carbocycles. The lowest BCUT2D eigenvalue weighted by atomic mass is 10.1. The van der Waals surface area contributed by atoms with Gasteiger partial charge in [-0.25, -0.2) is 9.78 Å². The number of aromatic nitrogens is 4. The summed E-state index contributed by atoms with van der Waals surface area (Å²) in [5.74, 6) is 0.251. The number of nitrogens with one attached hydrogen (secondary N) is 1. The molecule has 0 spiro atoms. The molecule has 0 bridgehead atoms. The van der Waals surface area contributed by atoms with E-state index < -0.39 is 11.2 Å². The van der Waals surface area contributed by atoms with Crippen LogP contribution in [0.25, 0.3) is 39.0 Å². The van der Waals surface area contributed by atoms with Crippen molar-refractivity contribution < 1.29 is 0 Å². The van der Waals surface area contributed by atoms with Gasteiger partial charge in [-0.05, 0) is 42.5 Å². The van der Waals surface area contributed by atoms with Gasteiger partial charge in [-0.15, -0.1) is 0 Å². The van der Waals surface area contributed by atoms with Gasteiger partial charge in [0.1, 0.15) is 5.65 Å². The number of rotatable bonds is 1. The fourth-order valence-electron chi connectivity index (χ4n) is 3.25. The van der Waals surface area contributed by atoms with Crippen molar-refractivity contribution in [2.24, 2.45) is 0 Å². The lowest BCUT2D eigenvalue weighted by molar-refractivity contribution is 0.952. The second-order valence-corrected chi connectivity index (χ2v) is 6.59. The zero-order chi connectivity index (χ0) is 18.5. The number of fused-ring (bicyclic) bond motifs is 3. The van der Waals surface area contributed by atoms with Gasteiger partial charge in [0.15, 0.2) is 5.82 Å². The number of hydrogen-bond acceptors (Lipinski definition) is 4. The van der Waals surface area contributed by atoms with E-state index >= 15 is 0 Å². The minimum atomic E-state index is -0.699. The van der Waals surface area contributed by atoms with Crippen molar-refractivity contribution in [1.82, 2.24) is 19.5 Å². The zero-order valence-corrected chi connectivity index (χ0v) is 14.6. The highest BCUT2D eigenvalue weighted by Gasteiger charge is 2.19. The molecule has 0 saturated heterocycles. The Morgan fingerprint density at radius 1 is 0.889 bits per heavy atom. The summed E-state index contributed by atoms with van der Waals surface area (Å²) in [6.45, 7) is 0. The highest BCUT2D eigenvalue weighted by Crippen LogP contribution is 2.29. The monoisotopic (exact) mass is 374 g/mol. The third-order valence-corrected chi connectivity index (χ3v) is 4.71. The average molecular weight is 375 g/mol. The molecule has 3 aromatic rings. The van der Waals surface area contributed by atoms with E-state index in [1.165, 1.54) is 0 Å². The van der Waals surface area contributed by atoms with Crippen molar-refractivity contribution in [3.8, 4) is 17.1 Å². The Bertz CT molecular complexity index is 1420. The first-order chi connectivity index (χ1) is 13.1. The number of para-hydroxylation sites is 1. The van der Waals surface area contributed by atoms with Crippen LogP contribution in [0.1, 0.15) is 0 Å². The summed E-state index contributed by atoms with van der Waals surface area (Å²) in [6.07, 6.45) is 0. The second kappa shape index (κ2) is 5.75. The number of benzene rings is 2. The van der Waals surface area contributed by atoms with E-state index in [1.54, 1.807) is 34.9 Å². The Hall–Kier alpha value is -3.51. The molecular weight excluding hydrogens is 364 g/mol. The molecular formula is C20H11ClN4O2. The molecule has 0 amide bonds. The molecule has 7 heteroatoms. The summed E-state index contributed by atoms with van der Waals surface area (Å²) in [7, 11) is 0. The summed E-state index contributed by atoms with van der Waals surface area (Å²) in [5.41, 5.74) is 1.24. The van der Waals surface area contributed by atoms with Crippen molar-refractivity contribution in [2.45, 2.75) is 0 Å². The van der Waals surface area contributed by atoms with Crippen molar-refractivity contribution in [3.63, 3.8) is 0 Å². The molecule has 130 valence electrons. The molecule has 1 N–H and O–H groups in total. The quantitative estimate of drug-likeness (QED) is 0.456. The summed E-state index contributed by atoms with van der Waals surface area (Å²) in [5, 5.41) is 2.30. The van der Waals surface area contributed by atoms with Crippen LogP contribution in [0, 0.1) is 0 Å². The van der Waals surface area contributed by atoms with Crippen LogP contribution in [0.5, 0.6) is 0 Å². The Kier molecular flexibility index (Phi) is 3.35. The summed E-state index contributed by atoms with van der Waals surface area (Å²) in [4.78, 5) is 35.3. The Morgan fingerprint density at radius 2 is 1.67 bits per heavy atom. The molecule has 0 unspecified atom stereocenters. The van der Waals surface area contributed by atoms with Gasteiger partial charge in [0, 0.05) is 21.5 Å². The Balaban J connectivity index is 2.03. The number of H-pyrrole nitrogens is 1. The van der Waals surface area contributed by atoms with E-state index in [1.807, 2.05) is 30.3 Å². The largest absolute Gasteiger partial charge is 0.349 e. The van der Waals surface area contributed by atoms with Crippen LogP contribution in [0.3, 0.4) is 0 Å². The fraction of sp³-hybridized carbons (Fsp3) is 0. The standard InChI is InChI=1S/C20H11ClN4O2/c21-13-5-7-14(8-6-13)25-17-12(9-11-3-1-2-4-16(11)22-17)10-15-18(25)23-20(27)24-19(15)26/h1-10H,(H,24,26,27). The van der Waals surface area contributed by atoms with Gasteiger partial charge >= 0.3 is 5.69 Å². The fourth-order valence-corrected chi connectivity index (χ4v) is 3.37. The maximum absolute atomic E-state index is 12.4. The van der Waals surface area contributed by atoms with E-state index in [-0.39, 0.29) is 5.82 Å². The highest BCUT2D eigenvalue weighted by atomic mass is 35.5. The first kappa shape index (κ1) is 15.7. The van der Waals surface area contributed by atoms with Crippen LogP contribution in [-0.2, 0) is 0 Å². The molecule has 0 radical (unpaired) electrons. The van der Waals surface area contributed by atoms with E-state index in [2.05, 4.69) is 9.97 Å². The second-order valence-electron chi connectivity index (χ2n) is 6.16. The predicted octanol–water partition coefficient (Wildman–Crippen LogP) is 3.38. The minimum absolute atomic E-state index is 0.251. The van der Waals surface area contributed by atoms with Crippen molar-refractivity contribution in [2.75, 3.05) is 0 Å². The van der Waals surface area contributed by atoms with Crippen LogP contribution in [0.4, 0.5) is 0 Å². The third-order valence-electron chi connectivity index (χ3n) is 4.45. The molecule has 2 aliphatic heterocycles. The lowest BCUT2D eigenvalue weighted by Crippen LogP contribution is -2.27. The molecule has 1 aromatic heterocycles. The van der Waals surface area contributed by atoms with Gasteiger partial charge in [-0.2, -0.15) is 4.98 Å². The smallest absolute Gasteiger partial charge is 0.278 e. The molecule has 27 heavy (non-hydrogen) atoms. The third kappa shape index (κ3) is 2.50. The van der Waals surface area contributed by atoms with Gasteiger partial charge in [0.25, 0.3) is 5.56 Å². The normalized spacial score (nSPS) is 11.4. The van der Waals surface area contributed by atoms with E-state index in [0.29, 0.717) is 21.9 Å². The average Bonchev–Trinajstić information content (AvgIpc) is 2.66. The molecule has 5 rings (SSSR count). The number of hydrogen-bond donors (Lipinski definition) is 1. The summed E-state index contributed by atoms with van der Waals surface area (Å²) < 4.78 is 1.71. The maximum Gasteiger partial charge on any atom is 0.349 e. The van der Waals surface area contributed by atoms with Crippen molar-refractivity contribution in [1.29, 1.82) is 0 Å². The topological polar surface area (TPSA) is 80.6 Å². The molecule has 2 aromatic carbocycles. The van der Waals surface area contributed by atoms with Crippen LogP contribution in [0.15, 0.2) is 70.3 Å². The number of nitrogens with zero attached hydrogens (tertiary/aromatic N) is 3. The van der Waals surface area contributed by atoms with Gasteiger partial charge < -0.3 is 0 Å². The number of pyridine rings is 2. The first-order valence-corrected chi connectivity index (χ1v) is 8.59. The van der Waals surface area contributed by atoms with Crippen molar-refractivity contribution >= 4 is 33.5 Å². The van der Waals surface area contributed by atoms with Crippen LogP contribution in [0.2, 0.25) is 5.02 Å². The van der Waals surface area contributed by atoms with Crippen LogP contribution >= 0.6 is 11.6 Å². The number of aromatic amines is 1. The molecule has 2 aliphatic rings. The Morgan fingerprint density at radius 3 is 2.48 bits per heavy atom. The van der Waals surface area contributed by atoms with Crippen LogP contribution < -0.4 is 11.2 Å². The van der Waals surface area contributed by atoms with E-state index in [0.717, 1.165) is 16.3 Å².